The molecule has 4 rings (SSSR count). The number of para-hydroxylation sites is 1. The van der Waals surface area contributed by atoms with Crippen LogP contribution in [0.4, 0.5) is 0 Å². The molecule has 4 aromatic rings. The van der Waals surface area contributed by atoms with E-state index >= 15 is 0 Å². The summed E-state index contributed by atoms with van der Waals surface area (Å²) in [5.41, 5.74) is 2.36. The molecule has 0 saturated carbocycles. The van der Waals surface area contributed by atoms with Crippen molar-refractivity contribution in [1.29, 1.82) is 0 Å². The van der Waals surface area contributed by atoms with Crippen molar-refractivity contribution in [3.63, 3.8) is 0 Å². The predicted octanol–water partition coefficient (Wildman–Crippen LogP) is 4.93. The van der Waals surface area contributed by atoms with Gasteiger partial charge in [-0.2, -0.15) is 0 Å². The first-order chi connectivity index (χ1) is 15.3. The fourth-order valence-corrected chi connectivity index (χ4v) is 5.51. The van der Waals surface area contributed by atoms with E-state index < -0.39 is 9.84 Å². The van der Waals surface area contributed by atoms with Gasteiger partial charge in [-0.1, -0.05) is 72.3 Å². The lowest BCUT2D eigenvalue weighted by Crippen LogP contribution is -2.29. The minimum absolute atomic E-state index is 0.0521. The van der Waals surface area contributed by atoms with Gasteiger partial charge in [0, 0.05) is 35.7 Å². The summed E-state index contributed by atoms with van der Waals surface area (Å²) in [6, 6.07) is 23.8. The Bertz CT molecular complexity index is 1360. The summed E-state index contributed by atoms with van der Waals surface area (Å²) in [6.45, 7) is 0.537. The van der Waals surface area contributed by atoms with Crippen LogP contribution in [-0.2, 0) is 33.5 Å². The second-order valence-corrected chi connectivity index (χ2v) is 10.2. The van der Waals surface area contributed by atoms with Gasteiger partial charge in [-0.25, -0.2) is 8.42 Å². The van der Waals surface area contributed by atoms with Gasteiger partial charge in [-0.15, -0.1) is 0 Å². The van der Waals surface area contributed by atoms with Crippen LogP contribution in [0.25, 0.3) is 10.9 Å². The number of fused-ring (bicyclic) bond motifs is 1. The van der Waals surface area contributed by atoms with Gasteiger partial charge in [0.15, 0.2) is 9.84 Å². The van der Waals surface area contributed by atoms with E-state index in [0.717, 1.165) is 5.56 Å². The van der Waals surface area contributed by atoms with Gasteiger partial charge in [0.05, 0.1) is 10.6 Å². The third-order valence-corrected chi connectivity index (χ3v) is 7.27. The highest BCUT2D eigenvalue weighted by Crippen LogP contribution is 2.28. The summed E-state index contributed by atoms with van der Waals surface area (Å²) >= 11 is 6.02. The molecule has 0 aliphatic heterocycles. The molecule has 0 spiro atoms. The van der Waals surface area contributed by atoms with Crippen molar-refractivity contribution >= 4 is 38.2 Å². The minimum Gasteiger partial charge on any atom is -0.340 e. The van der Waals surface area contributed by atoms with E-state index in [4.69, 9.17) is 11.6 Å². The Balaban J connectivity index is 1.62. The largest absolute Gasteiger partial charge is 0.340 e. The number of carbonyl (C=O) groups excluding carboxylic acids is 1. The number of carbonyl (C=O) groups is 1. The topological polar surface area (TPSA) is 59.4 Å². The molecule has 1 amide bonds. The van der Waals surface area contributed by atoms with Crippen molar-refractivity contribution in [2.24, 2.45) is 0 Å². The number of halogens is 1. The Morgan fingerprint density at radius 2 is 1.62 bits per heavy atom. The number of nitrogens with zero attached hydrogens (tertiary/aromatic N) is 2. The molecule has 0 aliphatic carbocycles. The number of amides is 1. The average molecular weight is 467 g/mol. The van der Waals surface area contributed by atoms with E-state index in [2.05, 4.69) is 0 Å². The zero-order chi connectivity index (χ0) is 22.7. The van der Waals surface area contributed by atoms with E-state index in [0.29, 0.717) is 28.0 Å². The molecule has 3 aromatic carbocycles. The van der Waals surface area contributed by atoms with E-state index in [1.54, 1.807) is 59.1 Å². The zero-order valence-corrected chi connectivity index (χ0v) is 19.2. The van der Waals surface area contributed by atoms with Crippen LogP contribution in [0.1, 0.15) is 11.1 Å². The molecular weight excluding hydrogens is 444 g/mol. The molecule has 0 bridgehead atoms. The monoisotopic (exact) mass is 466 g/mol. The lowest BCUT2D eigenvalue weighted by molar-refractivity contribution is -0.131. The maximum absolute atomic E-state index is 13.2. The predicted molar refractivity (Wildman–Crippen MR) is 127 cm³/mol. The van der Waals surface area contributed by atoms with E-state index in [9.17, 15) is 13.2 Å². The summed E-state index contributed by atoms with van der Waals surface area (Å²) < 4.78 is 28.2. The Labute approximate surface area is 192 Å². The van der Waals surface area contributed by atoms with Crippen LogP contribution in [-0.4, -0.2) is 30.8 Å². The van der Waals surface area contributed by atoms with Gasteiger partial charge >= 0.3 is 0 Å². The Kier molecular flexibility index (Phi) is 6.35. The van der Waals surface area contributed by atoms with E-state index in [1.165, 1.54) is 0 Å². The second kappa shape index (κ2) is 9.18. The van der Waals surface area contributed by atoms with Crippen molar-refractivity contribution in [3.8, 4) is 0 Å². The molecule has 0 radical (unpaired) electrons. The normalized spacial score (nSPS) is 11.6. The summed E-state index contributed by atoms with van der Waals surface area (Å²) in [6.07, 6.45) is 1.57. The van der Waals surface area contributed by atoms with Crippen LogP contribution in [0.2, 0.25) is 5.02 Å². The number of aromatic nitrogens is 1. The standard InChI is InChI=1S/C25H23ClN2O3S/c1-27(15-19-8-3-2-4-9-19)25(29)17-28-16-24(22-12-5-6-13-23(22)28)32(30,31)18-20-10-7-11-21(26)14-20/h2-14,16H,15,17-18H2,1H3. The average Bonchev–Trinajstić information content (AvgIpc) is 3.14. The molecule has 0 aliphatic rings. The van der Waals surface area contributed by atoms with Crippen LogP contribution < -0.4 is 0 Å². The Morgan fingerprint density at radius 1 is 0.938 bits per heavy atom. The molecule has 0 unspecified atom stereocenters. The zero-order valence-electron chi connectivity index (χ0n) is 17.6. The molecule has 0 atom stereocenters. The van der Waals surface area contributed by atoms with Crippen molar-refractivity contribution < 1.29 is 13.2 Å². The van der Waals surface area contributed by atoms with Gasteiger partial charge < -0.3 is 9.47 Å². The summed E-state index contributed by atoms with van der Waals surface area (Å²) in [7, 11) is -1.90. The van der Waals surface area contributed by atoms with Crippen molar-refractivity contribution in [2.75, 3.05) is 7.05 Å². The van der Waals surface area contributed by atoms with E-state index in [-0.39, 0.29) is 23.1 Å². The van der Waals surface area contributed by atoms with Crippen LogP contribution in [0, 0.1) is 0 Å². The summed E-state index contributed by atoms with van der Waals surface area (Å²) in [4.78, 5) is 14.7. The van der Waals surface area contributed by atoms with E-state index in [1.807, 2.05) is 42.5 Å². The van der Waals surface area contributed by atoms with Gasteiger partial charge in [-0.3, -0.25) is 4.79 Å². The van der Waals surface area contributed by atoms with Crippen LogP contribution in [0.15, 0.2) is 90.0 Å². The molecule has 7 heteroatoms. The molecule has 1 heterocycles. The van der Waals surface area contributed by atoms with Crippen LogP contribution >= 0.6 is 11.6 Å². The second-order valence-electron chi connectivity index (χ2n) is 7.76. The maximum Gasteiger partial charge on any atom is 0.242 e. The highest BCUT2D eigenvalue weighted by molar-refractivity contribution is 7.90. The Hall–Kier alpha value is -3.09. The smallest absolute Gasteiger partial charge is 0.242 e. The van der Waals surface area contributed by atoms with Crippen molar-refractivity contribution in [2.45, 2.75) is 23.7 Å². The molecule has 0 fully saturated rings. The molecule has 164 valence electrons. The van der Waals surface area contributed by atoms with Gasteiger partial charge in [0.1, 0.15) is 6.54 Å². The first-order valence-corrected chi connectivity index (χ1v) is 12.2. The van der Waals surface area contributed by atoms with Gasteiger partial charge in [0.2, 0.25) is 5.91 Å². The number of benzene rings is 3. The molecule has 1 aromatic heterocycles. The fraction of sp³-hybridized carbons (Fsp3) is 0.160. The summed E-state index contributed by atoms with van der Waals surface area (Å²) in [5.74, 6) is -0.267. The number of hydrogen-bond acceptors (Lipinski definition) is 3. The molecule has 0 saturated heterocycles. The minimum atomic E-state index is -3.64. The number of hydrogen-bond donors (Lipinski definition) is 0. The first kappa shape index (κ1) is 22.1. The molecule has 5 nitrogen and oxygen atoms in total. The molecule has 32 heavy (non-hydrogen) atoms. The number of rotatable bonds is 7. The lowest BCUT2D eigenvalue weighted by atomic mass is 10.2. The highest BCUT2D eigenvalue weighted by Gasteiger charge is 2.23. The lowest BCUT2D eigenvalue weighted by Gasteiger charge is -2.18. The SMILES string of the molecule is CN(Cc1ccccc1)C(=O)Cn1cc(S(=O)(=O)Cc2cccc(Cl)c2)c2ccccc21. The van der Waals surface area contributed by atoms with Gasteiger partial charge in [-0.05, 0) is 29.3 Å². The molecule has 0 N–H and O–H groups in total. The fourth-order valence-electron chi connectivity index (χ4n) is 3.73. The third-order valence-electron chi connectivity index (χ3n) is 5.33. The maximum atomic E-state index is 13.2. The number of likely N-dealkylation sites (N-methyl/N-ethyl adjacent to an activating group) is 1. The third kappa shape index (κ3) is 4.87. The highest BCUT2D eigenvalue weighted by atomic mass is 35.5. The van der Waals surface area contributed by atoms with Gasteiger partial charge in [0.25, 0.3) is 0 Å². The molecular formula is C25H23ClN2O3S. The quantitative estimate of drug-likeness (QED) is 0.388. The summed E-state index contributed by atoms with van der Waals surface area (Å²) in [5, 5.41) is 1.10. The van der Waals surface area contributed by atoms with Crippen LogP contribution in [0.5, 0.6) is 0 Å². The Morgan fingerprint density at radius 3 is 2.38 bits per heavy atom. The first-order valence-electron chi connectivity index (χ1n) is 10.2. The van der Waals surface area contributed by atoms with Crippen molar-refractivity contribution in [1.82, 2.24) is 9.47 Å². The van der Waals surface area contributed by atoms with Crippen molar-refractivity contribution in [3.05, 3.63) is 101 Å². The number of sulfone groups is 1. The van der Waals surface area contributed by atoms with Crippen LogP contribution in [0.3, 0.4) is 0 Å².